The predicted octanol–water partition coefficient (Wildman–Crippen LogP) is 4.45. The topological polar surface area (TPSA) is 68.5 Å². The van der Waals surface area contributed by atoms with Crippen LogP contribution in [0.25, 0.3) is 17.2 Å². The second kappa shape index (κ2) is 8.67. The molecule has 0 radical (unpaired) electrons. The van der Waals surface area contributed by atoms with Crippen LogP contribution >= 0.6 is 0 Å². The van der Waals surface area contributed by atoms with Gasteiger partial charge >= 0.3 is 5.97 Å². The quantitative estimate of drug-likeness (QED) is 0.520. The van der Waals surface area contributed by atoms with Crippen molar-refractivity contribution in [3.63, 3.8) is 0 Å². The molecule has 0 fully saturated rings. The molecule has 27 heavy (non-hydrogen) atoms. The molecule has 0 bridgehead atoms. The average molecular weight is 361 g/mol. The number of ether oxygens (including phenoxy) is 1. The van der Waals surface area contributed by atoms with Gasteiger partial charge in [0.1, 0.15) is 11.5 Å². The summed E-state index contributed by atoms with van der Waals surface area (Å²) in [6, 6.07) is 20.7. The number of furan rings is 1. The molecule has 3 rings (SSSR count). The standard InChI is InChI=1S/C22H19NO4/c1-16-11-12-18(27-16)13-14-22(25)26-15-21(24)23-20-10-6-5-9-19(20)17-7-3-2-4-8-17/h2-14H,15H2,1H3,(H,23,24)/b14-13+. The number of nitrogens with one attached hydrogen (secondary N) is 1. The Balaban J connectivity index is 1.57. The molecule has 0 saturated carbocycles. The van der Waals surface area contributed by atoms with Crippen molar-refractivity contribution >= 4 is 23.6 Å². The van der Waals surface area contributed by atoms with E-state index >= 15 is 0 Å². The number of amides is 1. The lowest BCUT2D eigenvalue weighted by Crippen LogP contribution is -2.20. The molecule has 0 atom stereocenters. The second-order valence-corrected chi connectivity index (χ2v) is 5.85. The van der Waals surface area contributed by atoms with Crippen LogP contribution in [0, 0.1) is 6.92 Å². The van der Waals surface area contributed by atoms with E-state index in [0.29, 0.717) is 11.4 Å². The first kappa shape index (κ1) is 18.2. The van der Waals surface area contributed by atoms with Crippen LogP contribution < -0.4 is 5.32 Å². The van der Waals surface area contributed by atoms with E-state index in [2.05, 4.69) is 5.32 Å². The summed E-state index contributed by atoms with van der Waals surface area (Å²) in [7, 11) is 0. The van der Waals surface area contributed by atoms with Gasteiger partial charge in [-0.15, -0.1) is 0 Å². The summed E-state index contributed by atoms with van der Waals surface area (Å²) in [5, 5.41) is 2.78. The fourth-order valence-corrected chi connectivity index (χ4v) is 2.53. The third-order valence-electron chi connectivity index (χ3n) is 3.78. The highest BCUT2D eigenvalue weighted by Gasteiger charge is 2.10. The summed E-state index contributed by atoms with van der Waals surface area (Å²) in [5.41, 5.74) is 2.54. The molecule has 1 amide bonds. The molecule has 5 heteroatoms. The predicted molar refractivity (Wildman–Crippen MR) is 104 cm³/mol. The largest absolute Gasteiger partial charge is 0.462 e. The second-order valence-electron chi connectivity index (χ2n) is 5.85. The van der Waals surface area contributed by atoms with E-state index < -0.39 is 11.9 Å². The maximum atomic E-state index is 12.1. The summed E-state index contributed by atoms with van der Waals surface area (Å²) in [4.78, 5) is 23.9. The zero-order valence-electron chi connectivity index (χ0n) is 14.8. The Morgan fingerprint density at radius 2 is 1.74 bits per heavy atom. The Hall–Kier alpha value is -3.60. The number of para-hydroxylation sites is 1. The highest BCUT2D eigenvalue weighted by molar-refractivity contribution is 5.97. The fourth-order valence-electron chi connectivity index (χ4n) is 2.53. The van der Waals surface area contributed by atoms with E-state index in [0.717, 1.165) is 16.9 Å². The van der Waals surface area contributed by atoms with E-state index in [1.807, 2.05) is 55.5 Å². The van der Waals surface area contributed by atoms with Gasteiger partial charge < -0.3 is 14.5 Å². The first-order valence-corrected chi connectivity index (χ1v) is 8.47. The molecule has 2 aromatic carbocycles. The van der Waals surface area contributed by atoms with Crippen LogP contribution in [0.15, 0.2) is 77.2 Å². The van der Waals surface area contributed by atoms with Crippen molar-refractivity contribution in [1.29, 1.82) is 0 Å². The molecule has 0 spiro atoms. The van der Waals surface area contributed by atoms with E-state index in [1.54, 1.807) is 18.2 Å². The Morgan fingerprint density at radius 3 is 2.48 bits per heavy atom. The van der Waals surface area contributed by atoms with Gasteiger partial charge in [-0.3, -0.25) is 4.79 Å². The lowest BCUT2D eigenvalue weighted by Gasteiger charge is -2.11. The van der Waals surface area contributed by atoms with Crippen molar-refractivity contribution in [2.24, 2.45) is 0 Å². The minimum atomic E-state index is -0.615. The number of carbonyl (C=O) groups is 2. The van der Waals surface area contributed by atoms with Gasteiger partial charge in [0.2, 0.25) is 0 Å². The fraction of sp³-hybridized carbons (Fsp3) is 0.0909. The first-order chi connectivity index (χ1) is 13.1. The average Bonchev–Trinajstić information content (AvgIpc) is 3.11. The van der Waals surface area contributed by atoms with Crippen molar-refractivity contribution in [3.8, 4) is 11.1 Å². The molecule has 136 valence electrons. The van der Waals surface area contributed by atoms with Crippen LogP contribution in [-0.2, 0) is 14.3 Å². The summed E-state index contributed by atoms with van der Waals surface area (Å²) in [6.07, 6.45) is 2.72. The summed E-state index contributed by atoms with van der Waals surface area (Å²) >= 11 is 0. The van der Waals surface area contributed by atoms with Gasteiger partial charge in [-0.25, -0.2) is 4.79 Å². The maximum absolute atomic E-state index is 12.1. The summed E-state index contributed by atoms with van der Waals surface area (Å²) < 4.78 is 10.3. The SMILES string of the molecule is Cc1ccc(/C=C/C(=O)OCC(=O)Nc2ccccc2-c2ccccc2)o1. The number of carbonyl (C=O) groups excluding carboxylic acids is 2. The van der Waals surface area contributed by atoms with Gasteiger partial charge in [-0.1, -0.05) is 48.5 Å². The smallest absolute Gasteiger partial charge is 0.331 e. The monoisotopic (exact) mass is 361 g/mol. The number of esters is 1. The number of rotatable bonds is 6. The molecule has 3 aromatic rings. The third-order valence-corrected chi connectivity index (χ3v) is 3.78. The van der Waals surface area contributed by atoms with Gasteiger partial charge in [0, 0.05) is 17.3 Å². The Labute approximate surface area is 157 Å². The third kappa shape index (κ3) is 5.19. The van der Waals surface area contributed by atoms with Crippen LogP contribution in [0.2, 0.25) is 0 Å². The van der Waals surface area contributed by atoms with E-state index in [4.69, 9.17) is 9.15 Å². The van der Waals surface area contributed by atoms with Crippen LogP contribution in [0.1, 0.15) is 11.5 Å². The molecular weight excluding hydrogens is 342 g/mol. The zero-order chi connectivity index (χ0) is 19.1. The Morgan fingerprint density at radius 1 is 1.00 bits per heavy atom. The lowest BCUT2D eigenvalue weighted by molar-refractivity contribution is -0.142. The van der Waals surface area contributed by atoms with Gasteiger partial charge in [0.25, 0.3) is 5.91 Å². The van der Waals surface area contributed by atoms with Crippen LogP contribution in [0.5, 0.6) is 0 Å². The molecule has 1 aromatic heterocycles. The number of benzene rings is 2. The minimum absolute atomic E-state index is 0.372. The summed E-state index contributed by atoms with van der Waals surface area (Å²) in [5.74, 6) is 0.273. The molecule has 0 aliphatic rings. The van der Waals surface area contributed by atoms with Crippen molar-refractivity contribution in [1.82, 2.24) is 0 Å². The highest BCUT2D eigenvalue weighted by atomic mass is 16.5. The van der Waals surface area contributed by atoms with Crippen LogP contribution in [-0.4, -0.2) is 18.5 Å². The van der Waals surface area contributed by atoms with Crippen molar-refractivity contribution < 1.29 is 18.7 Å². The van der Waals surface area contributed by atoms with E-state index in [9.17, 15) is 9.59 Å². The van der Waals surface area contributed by atoms with Crippen LogP contribution in [0.4, 0.5) is 5.69 Å². The minimum Gasteiger partial charge on any atom is -0.462 e. The highest BCUT2D eigenvalue weighted by Crippen LogP contribution is 2.27. The molecule has 1 heterocycles. The van der Waals surface area contributed by atoms with Gasteiger partial charge in [-0.05, 0) is 36.8 Å². The first-order valence-electron chi connectivity index (χ1n) is 8.47. The van der Waals surface area contributed by atoms with Gasteiger partial charge in [-0.2, -0.15) is 0 Å². The molecule has 0 aliphatic carbocycles. The summed E-state index contributed by atoms with van der Waals surface area (Å²) in [6.45, 7) is 1.44. The molecule has 0 saturated heterocycles. The van der Waals surface area contributed by atoms with Crippen molar-refractivity contribution in [2.75, 3.05) is 11.9 Å². The molecule has 0 aliphatic heterocycles. The number of hydrogen-bond acceptors (Lipinski definition) is 4. The Kier molecular flexibility index (Phi) is 5.84. The van der Waals surface area contributed by atoms with Gasteiger partial charge in [0.05, 0.1) is 0 Å². The number of hydrogen-bond donors (Lipinski definition) is 1. The molecule has 0 unspecified atom stereocenters. The van der Waals surface area contributed by atoms with Crippen molar-refractivity contribution in [2.45, 2.75) is 6.92 Å². The molecule has 5 nitrogen and oxygen atoms in total. The number of anilines is 1. The normalized spacial score (nSPS) is 10.7. The van der Waals surface area contributed by atoms with Crippen LogP contribution in [0.3, 0.4) is 0 Å². The molecule has 1 N–H and O–H groups in total. The van der Waals surface area contributed by atoms with Crippen molar-refractivity contribution in [3.05, 3.63) is 84.3 Å². The zero-order valence-corrected chi connectivity index (χ0v) is 14.8. The molecular formula is C22H19NO4. The lowest BCUT2D eigenvalue weighted by atomic mass is 10.0. The van der Waals surface area contributed by atoms with E-state index in [1.165, 1.54) is 12.2 Å². The number of aryl methyl sites for hydroxylation is 1. The van der Waals surface area contributed by atoms with E-state index in [-0.39, 0.29) is 6.61 Å². The van der Waals surface area contributed by atoms with Gasteiger partial charge in [0.15, 0.2) is 6.61 Å². The Bertz CT molecular complexity index is 957. The maximum Gasteiger partial charge on any atom is 0.331 e.